The van der Waals surface area contributed by atoms with Crippen LogP contribution in [-0.4, -0.2) is 42.1 Å². The summed E-state index contributed by atoms with van der Waals surface area (Å²) in [5.41, 5.74) is 2.51. The zero-order valence-electron chi connectivity index (χ0n) is 13.2. The van der Waals surface area contributed by atoms with Gasteiger partial charge in [0, 0.05) is 27.2 Å². The summed E-state index contributed by atoms with van der Waals surface area (Å²) in [5.74, 6) is 7.75. The molecular formula is C13H27N7. The molecule has 1 aromatic rings. The predicted molar refractivity (Wildman–Crippen MR) is 83.9 cm³/mol. The number of hydrogen-bond acceptors (Lipinski definition) is 7. The highest BCUT2D eigenvalue weighted by molar-refractivity contribution is 5.44. The molecule has 20 heavy (non-hydrogen) atoms. The molecule has 1 heterocycles. The highest BCUT2D eigenvalue weighted by Crippen LogP contribution is 2.18. The highest BCUT2D eigenvalue weighted by Gasteiger charge is 2.16. The third-order valence-electron chi connectivity index (χ3n) is 3.44. The van der Waals surface area contributed by atoms with E-state index in [4.69, 9.17) is 5.84 Å². The summed E-state index contributed by atoms with van der Waals surface area (Å²) in [4.78, 5) is 17.1. The Bertz CT molecular complexity index is 404. The molecule has 0 aromatic carbocycles. The number of nitrogens with two attached hydrogens (primary N) is 1. The van der Waals surface area contributed by atoms with E-state index < -0.39 is 0 Å². The highest BCUT2D eigenvalue weighted by atomic mass is 15.4. The zero-order valence-corrected chi connectivity index (χ0v) is 13.2. The van der Waals surface area contributed by atoms with Gasteiger partial charge in [0.25, 0.3) is 0 Å². The predicted octanol–water partition coefficient (Wildman–Crippen LogP) is 1.49. The lowest BCUT2D eigenvalue weighted by Gasteiger charge is -2.26. The van der Waals surface area contributed by atoms with E-state index in [1.807, 2.05) is 19.0 Å². The lowest BCUT2D eigenvalue weighted by atomic mass is 10.0. The largest absolute Gasteiger partial charge is 0.347 e. The fourth-order valence-electron chi connectivity index (χ4n) is 1.97. The Morgan fingerprint density at radius 2 is 1.65 bits per heavy atom. The first-order chi connectivity index (χ1) is 9.55. The van der Waals surface area contributed by atoms with Crippen molar-refractivity contribution >= 4 is 17.8 Å². The van der Waals surface area contributed by atoms with Crippen LogP contribution in [0.15, 0.2) is 0 Å². The van der Waals surface area contributed by atoms with Gasteiger partial charge in [-0.2, -0.15) is 15.0 Å². The number of nitrogens with one attached hydrogen (secondary N) is 1. The Balaban J connectivity index is 3.04. The van der Waals surface area contributed by atoms with Gasteiger partial charge in [-0.1, -0.05) is 26.7 Å². The SMILES string of the molecule is CCC(CC)CN(CC)c1nc(NN)nc(N(C)C)n1. The third-order valence-corrected chi connectivity index (χ3v) is 3.44. The second-order valence-electron chi connectivity index (χ2n) is 5.02. The van der Waals surface area contributed by atoms with Crippen LogP contribution >= 0.6 is 0 Å². The third kappa shape index (κ3) is 4.19. The summed E-state index contributed by atoms with van der Waals surface area (Å²) in [6.45, 7) is 8.35. The molecule has 7 nitrogen and oxygen atoms in total. The normalized spacial score (nSPS) is 10.8. The summed E-state index contributed by atoms with van der Waals surface area (Å²) >= 11 is 0. The number of aromatic nitrogens is 3. The van der Waals surface area contributed by atoms with Crippen molar-refractivity contribution in [3.05, 3.63) is 0 Å². The summed E-state index contributed by atoms with van der Waals surface area (Å²) in [6, 6.07) is 0. The minimum absolute atomic E-state index is 0.390. The van der Waals surface area contributed by atoms with E-state index >= 15 is 0 Å². The van der Waals surface area contributed by atoms with Gasteiger partial charge in [-0.05, 0) is 12.8 Å². The minimum Gasteiger partial charge on any atom is -0.347 e. The van der Waals surface area contributed by atoms with E-state index in [0.717, 1.165) is 25.9 Å². The lowest BCUT2D eigenvalue weighted by molar-refractivity contribution is 0.482. The van der Waals surface area contributed by atoms with Crippen molar-refractivity contribution in [3.63, 3.8) is 0 Å². The average Bonchev–Trinajstić information content (AvgIpc) is 2.48. The molecule has 0 fully saturated rings. The van der Waals surface area contributed by atoms with Crippen LogP contribution in [0.1, 0.15) is 33.6 Å². The van der Waals surface area contributed by atoms with Crippen molar-refractivity contribution in [3.8, 4) is 0 Å². The number of hydrazine groups is 1. The van der Waals surface area contributed by atoms with Gasteiger partial charge in [-0.15, -0.1) is 0 Å². The first-order valence-corrected chi connectivity index (χ1v) is 7.20. The summed E-state index contributed by atoms with van der Waals surface area (Å²) < 4.78 is 0. The van der Waals surface area contributed by atoms with E-state index in [2.05, 4.69) is 46.0 Å². The maximum Gasteiger partial charge on any atom is 0.243 e. The van der Waals surface area contributed by atoms with Gasteiger partial charge in [0.2, 0.25) is 17.8 Å². The van der Waals surface area contributed by atoms with E-state index in [1.165, 1.54) is 0 Å². The van der Waals surface area contributed by atoms with E-state index in [0.29, 0.717) is 23.8 Å². The Kier molecular flexibility index (Phi) is 6.44. The molecule has 114 valence electrons. The molecule has 0 spiro atoms. The fourth-order valence-corrected chi connectivity index (χ4v) is 1.97. The van der Waals surface area contributed by atoms with Crippen LogP contribution < -0.4 is 21.1 Å². The van der Waals surface area contributed by atoms with Crippen LogP contribution in [0.5, 0.6) is 0 Å². The van der Waals surface area contributed by atoms with Crippen LogP contribution in [0.2, 0.25) is 0 Å². The molecule has 0 aliphatic carbocycles. The number of nitrogen functional groups attached to an aromatic ring is 1. The van der Waals surface area contributed by atoms with Gasteiger partial charge < -0.3 is 9.80 Å². The van der Waals surface area contributed by atoms with Crippen molar-refractivity contribution in [1.82, 2.24) is 15.0 Å². The van der Waals surface area contributed by atoms with Gasteiger partial charge in [0.05, 0.1) is 0 Å². The van der Waals surface area contributed by atoms with Crippen molar-refractivity contribution in [2.75, 3.05) is 42.4 Å². The standard InChI is InChI=1S/C13H27N7/c1-6-10(7-2)9-20(8-3)13-16-11(18-14)15-12(17-13)19(4)5/h10H,6-9,14H2,1-5H3,(H,15,16,17,18). The number of hydrogen-bond donors (Lipinski definition) is 2. The maximum atomic E-state index is 5.44. The molecule has 0 aliphatic heterocycles. The second kappa shape index (κ2) is 7.84. The monoisotopic (exact) mass is 281 g/mol. The van der Waals surface area contributed by atoms with Crippen LogP contribution in [0.4, 0.5) is 17.8 Å². The molecular weight excluding hydrogens is 254 g/mol. The number of nitrogens with zero attached hydrogens (tertiary/aromatic N) is 5. The molecule has 0 saturated heterocycles. The topological polar surface area (TPSA) is 83.2 Å². The Labute approximate surface area is 121 Å². The molecule has 0 saturated carbocycles. The van der Waals surface area contributed by atoms with Crippen LogP contribution in [0.3, 0.4) is 0 Å². The fraction of sp³-hybridized carbons (Fsp3) is 0.769. The summed E-state index contributed by atoms with van der Waals surface area (Å²) in [5, 5.41) is 0. The molecule has 7 heteroatoms. The first-order valence-electron chi connectivity index (χ1n) is 7.20. The minimum atomic E-state index is 0.390. The summed E-state index contributed by atoms with van der Waals surface area (Å²) in [6.07, 6.45) is 2.31. The van der Waals surface area contributed by atoms with Crippen molar-refractivity contribution < 1.29 is 0 Å². The molecule has 0 unspecified atom stereocenters. The molecule has 3 N–H and O–H groups in total. The van der Waals surface area contributed by atoms with E-state index in [1.54, 1.807) is 0 Å². The molecule has 0 amide bonds. The maximum absolute atomic E-state index is 5.44. The van der Waals surface area contributed by atoms with E-state index in [9.17, 15) is 0 Å². The van der Waals surface area contributed by atoms with Crippen molar-refractivity contribution in [1.29, 1.82) is 0 Å². The Morgan fingerprint density at radius 3 is 2.10 bits per heavy atom. The smallest absolute Gasteiger partial charge is 0.243 e. The van der Waals surface area contributed by atoms with Gasteiger partial charge in [-0.3, -0.25) is 5.43 Å². The van der Waals surface area contributed by atoms with Crippen LogP contribution in [0, 0.1) is 5.92 Å². The molecule has 1 rings (SSSR count). The van der Waals surface area contributed by atoms with Gasteiger partial charge in [-0.25, -0.2) is 5.84 Å². The van der Waals surface area contributed by atoms with Crippen LogP contribution in [-0.2, 0) is 0 Å². The first kappa shape index (κ1) is 16.4. The quantitative estimate of drug-likeness (QED) is 0.551. The number of anilines is 3. The van der Waals surface area contributed by atoms with Gasteiger partial charge >= 0.3 is 0 Å². The van der Waals surface area contributed by atoms with E-state index in [-0.39, 0.29) is 0 Å². The molecule has 0 aliphatic rings. The second-order valence-corrected chi connectivity index (χ2v) is 5.02. The summed E-state index contributed by atoms with van der Waals surface area (Å²) in [7, 11) is 3.80. The van der Waals surface area contributed by atoms with Gasteiger partial charge in [0.1, 0.15) is 0 Å². The van der Waals surface area contributed by atoms with Gasteiger partial charge in [0.15, 0.2) is 0 Å². The Morgan fingerprint density at radius 1 is 1.05 bits per heavy atom. The molecule has 0 bridgehead atoms. The molecule has 0 atom stereocenters. The van der Waals surface area contributed by atoms with Crippen molar-refractivity contribution in [2.24, 2.45) is 11.8 Å². The molecule has 1 aromatic heterocycles. The zero-order chi connectivity index (χ0) is 15.1. The molecule has 0 radical (unpaired) electrons. The van der Waals surface area contributed by atoms with Crippen molar-refractivity contribution in [2.45, 2.75) is 33.6 Å². The Hall–Kier alpha value is -1.63. The average molecular weight is 281 g/mol. The van der Waals surface area contributed by atoms with Crippen LogP contribution in [0.25, 0.3) is 0 Å². The lowest BCUT2D eigenvalue weighted by Crippen LogP contribution is -2.31. The number of rotatable bonds is 8.